The van der Waals surface area contributed by atoms with Gasteiger partial charge in [0.15, 0.2) is 0 Å². The average Bonchev–Trinajstić information content (AvgIpc) is 1.69. The second kappa shape index (κ2) is 10.6. The number of rotatable bonds is 2. The van der Waals surface area contributed by atoms with E-state index < -0.39 is 0 Å². The summed E-state index contributed by atoms with van der Waals surface area (Å²) in [6.45, 7) is 2.19. The van der Waals surface area contributed by atoms with Crippen molar-refractivity contribution in [1.29, 1.82) is 0 Å². The van der Waals surface area contributed by atoms with Crippen LogP contribution < -0.4 is 17.0 Å². The van der Waals surface area contributed by atoms with E-state index in [0.717, 1.165) is 24.7 Å². The molecular weight excluding hydrogens is 217 g/mol. The van der Waals surface area contributed by atoms with E-state index in [0.29, 0.717) is 0 Å². The van der Waals surface area contributed by atoms with E-state index in [4.69, 9.17) is 0 Å². The summed E-state index contributed by atoms with van der Waals surface area (Å²) in [5.74, 6) is 3.05. The standard InChI is InChI=1S/C6H9.BrH.Zn/c1-3-5-6-4-2;;/h3,5-6H2,1H3;1H;/q;;+1/p-1. The smallest absolute Gasteiger partial charge is 1.00 e. The van der Waals surface area contributed by atoms with Crippen molar-refractivity contribution < 1.29 is 35.3 Å². The van der Waals surface area contributed by atoms with Gasteiger partial charge >= 0.3 is 54.9 Å². The molecule has 0 fully saturated rings. The minimum Gasteiger partial charge on any atom is -1.00 e. The van der Waals surface area contributed by atoms with Gasteiger partial charge in [0, 0.05) is 0 Å². The molecule has 0 nitrogen and oxygen atoms in total. The number of unbranched alkanes of at least 4 members (excludes halogenated alkanes) is 2. The third-order valence-corrected chi connectivity index (χ3v) is 1.30. The Morgan fingerprint density at radius 3 is 2.50 bits per heavy atom. The largest absolute Gasteiger partial charge is 1.00 e. The Morgan fingerprint density at radius 2 is 2.12 bits per heavy atom. The molecule has 0 amide bonds. The number of halogens is 1. The Morgan fingerprint density at radius 1 is 1.50 bits per heavy atom. The van der Waals surface area contributed by atoms with Crippen LogP contribution in [0.2, 0.25) is 0 Å². The van der Waals surface area contributed by atoms with Crippen LogP contribution in [0.4, 0.5) is 0 Å². The van der Waals surface area contributed by atoms with Crippen LogP contribution in [0.25, 0.3) is 0 Å². The van der Waals surface area contributed by atoms with Crippen LogP contribution in [0.5, 0.6) is 0 Å². The molecule has 0 rings (SSSR count). The summed E-state index contributed by atoms with van der Waals surface area (Å²) in [5.41, 5.74) is 0. The zero-order valence-electron chi connectivity index (χ0n) is 5.21. The quantitative estimate of drug-likeness (QED) is 0.312. The first-order chi connectivity index (χ1) is 3.41. The van der Waals surface area contributed by atoms with E-state index in [9.17, 15) is 0 Å². The van der Waals surface area contributed by atoms with Gasteiger partial charge in [-0.25, -0.2) is 0 Å². The van der Waals surface area contributed by atoms with Crippen LogP contribution >= 0.6 is 0 Å². The maximum Gasteiger partial charge on any atom is -1.00 e. The summed E-state index contributed by atoms with van der Waals surface area (Å²) in [5, 5.41) is 0. The fourth-order valence-corrected chi connectivity index (χ4v) is 0.724. The van der Waals surface area contributed by atoms with Crippen LogP contribution in [0, 0.1) is 10.4 Å². The first-order valence-corrected chi connectivity index (χ1v) is 4.15. The molecule has 0 aromatic rings. The third-order valence-electron chi connectivity index (χ3n) is 0.780. The van der Waals surface area contributed by atoms with E-state index in [2.05, 4.69) is 17.4 Å². The molecule has 0 aliphatic heterocycles. The van der Waals surface area contributed by atoms with Crippen LogP contribution in [-0.4, -0.2) is 0 Å². The molecule has 0 N–H and O–H groups in total. The molecule has 0 aliphatic rings. The van der Waals surface area contributed by atoms with E-state index in [-0.39, 0.29) is 17.0 Å². The topological polar surface area (TPSA) is 0 Å². The fourth-order valence-electron chi connectivity index (χ4n) is 0.354. The van der Waals surface area contributed by atoms with Crippen LogP contribution in [-0.2, 0) is 18.3 Å². The van der Waals surface area contributed by atoms with Crippen molar-refractivity contribution in [2.75, 3.05) is 0 Å². The predicted octanol–water partition coefficient (Wildman–Crippen LogP) is -1.31. The van der Waals surface area contributed by atoms with Gasteiger partial charge in [-0.05, 0) is 0 Å². The molecule has 8 heavy (non-hydrogen) atoms. The summed E-state index contributed by atoms with van der Waals surface area (Å²) >= 11 is 1.13. The second-order valence-electron chi connectivity index (χ2n) is 1.46. The molecule has 0 radical (unpaired) electrons. The average molecular weight is 226 g/mol. The molecule has 0 atom stereocenters. The molecule has 0 aromatic carbocycles. The second-order valence-corrected chi connectivity index (χ2v) is 2.20. The van der Waals surface area contributed by atoms with E-state index in [1.54, 1.807) is 0 Å². The maximum absolute atomic E-state index is 3.05. The van der Waals surface area contributed by atoms with Gasteiger partial charge in [-0.15, -0.1) is 0 Å². The van der Waals surface area contributed by atoms with Crippen LogP contribution in [0.1, 0.15) is 26.2 Å². The normalized spacial score (nSPS) is 6.38. The Hall–Kier alpha value is 0.663. The molecule has 0 aromatic heterocycles. The van der Waals surface area contributed by atoms with Gasteiger partial charge in [-0.3, -0.25) is 0 Å². The minimum atomic E-state index is 0. The number of hydrogen-bond acceptors (Lipinski definition) is 0. The van der Waals surface area contributed by atoms with Gasteiger partial charge in [0.2, 0.25) is 0 Å². The third kappa shape index (κ3) is 9.83. The molecule has 2 heteroatoms. The Labute approximate surface area is 71.9 Å². The summed E-state index contributed by atoms with van der Waals surface area (Å²) < 4.78 is 2.98. The maximum atomic E-state index is 3.05. The van der Waals surface area contributed by atoms with Crippen molar-refractivity contribution in [3.05, 3.63) is 0 Å². The van der Waals surface area contributed by atoms with Crippen molar-refractivity contribution in [2.24, 2.45) is 0 Å². The molecule has 0 aliphatic carbocycles. The minimum absolute atomic E-state index is 0. The fraction of sp³-hybridized carbons (Fsp3) is 0.667. The van der Waals surface area contributed by atoms with Crippen LogP contribution in [0.15, 0.2) is 0 Å². The molecule has 0 bridgehead atoms. The summed E-state index contributed by atoms with van der Waals surface area (Å²) in [6, 6.07) is 0. The summed E-state index contributed by atoms with van der Waals surface area (Å²) in [6.07, 6.45) is 3.65. The van der Waals surface area contributed by atoms with Crippen molar-refractivity contribution in [3.63, 3.8) is 0 Å². The van der Waals surface area contributed by atoms with E-state index >= 15 is 0 Å². The predicted molar refractivity (Wildman–Crippen MR) is 27.3 cm³/mol. The van der Waals surface area contributed by atoms with Crippen molar-refractivity contribution >= 4 is 0 Å². The molecule has 42 valence electrons. The SMILES string of the molecule is CCCCC#[C][Zn+].[Br-]. The first-order valence-electron chi connectivity index (χ1n) is 2.66. The van der Waals surface area contributed by atoms with Crippen LogP contribution in [0.3, 0.4) is 0 Å². The number of hydrogen-bond donors (Lipinski definition) is 0. The van der Waals surface area contributed by atoms with Gasteiger partial charge in [0.1, 0.15) is 0 Å². The summed E-state index contributed by atoms with van der Waals surface area (Å²) in [4.78, 5) is 0. The molecule has 0 saturated carbocycles. The van der Waals surface area contributed by atoms with E-state index in [1.807, 2.05) is 0 Å². The van der Waals surface area contributed by atoms with E-state index in [1.165, 1.54) is 12.8 Å². The van der Waals surface area contributed by atoms with Gasteiger partial charge in [0.25, 0.3) is 0 Å². The molecule has 0 unspecified atom stereocenters. The Bertz CT molecular complexity index is 80.3. The molecule has 0 saturated heterocycles. The first kappa shape index (κ1) is 11.5. The summed E-state index contributed by atoms with van der Waals surface area (Å²) in [7, 11) is 0. The van der Waals surface area contributed by atoms with Gasteiger partial charge in [-0.2, -0.15) is 0 Å². The van der Waals surface area contributed by atoms with Crippen molar-refractivity contribution in [3.8, 4) is 10.4 Å². The van der Waals surface area contributed by atoms with Crippen molar-refractivity contribution in [2.45, 2.75) is 26.2 Å². The Kier molecular flexibility index (Phi) is 15.2. The monoisotopic (exact) mass is 224 g/mol. The van der Waals surface area contributed by atoms with Crippen molar-refractivity contribution in [1.82, 2.24) is 0 Å². The zero-order valence-corrected chi connectivity index (χ0v) is 9.76. The molecule has 0 spiro atoms. The van der Waals surface area contributed by atoms with Gasteiger partial charge in [0.05, 0.1) is 0 Å². The Balaban J connectivity index is 0. The van der Waals surface area contributed by atoms with Gasteiger partial charge < -0.3 is 17.0 Å². The van der Waals surface area contributed by atoms with Gasteiger partial charge in [-0.1, -0.05) is 0 Å². The molecular formula is C6H9BrZn. The zero-order chi connectivity index (χ0) is 5.54. The molecule has 0 heterocycles.